The smallest absolute Gasteiger partial charge is 0.244 e. The summed E-state index contributed by atoms with van der Waals surface area (Å²) in [5.74, 6) is 1.53. The number of benzene rings is 1. The number of rotatable bonds is 9. The Morgan fingerprint density at radius 3 is 2.56 bits per heavy atom. The van der Waals surface area contributed by atoms with Gasteiger partial charge >= 0.3 is 0 Å². The predicted molar refractivity (Wildman–Crippen MR) is 105 cm³/mol. The molecule has 0 aliphatic carbocycles. The lowest BCUT2D eigenvalue weighted by molar-refractivity contribution is 0.343. The second-order valence-corrected chi connectivity index (χ2v) is 9.04. The second kappa shape index (κ2) is 9.56. The molecule has 25 heavy (non-hydrogen) atoms. The Labute approximate surface area is 162 Å². The Hall–Kier alpha value is -1.09. The Balaban J connectivity index is 1.88. The minimum Gasteiger partial charge on any atom is -0.493 e. The predicted octanol–water partition coefficient (Wildman–Crippen LogP) is 4.05. The molecule has 0 unspecified atom stereocenters. The lowest BCUT2D eigenvalue weighted by Gasteiger charge is -2.18. The van der Waals surface area contributed by atoms with Gasteiger partial charge in [-0.2, -0.15) is 4.31 Å². The molecule has 0 bridgehead atoms. The molecule has 136 valence electrons. The molecule has 2 rings (SSSR count). The fraction of sp³-hybridized carbons (Fsp3) is 0.353. The monoisotopic (exact) mass is 444 g/mol. The van der Waals surface area contributed by atoms with Gasteiger partial charge in [0.1, 0.15) is 10.6 Å². The van der Waals surface area contributed by atoms with Crippen molar-refractivity contribution in [3.63, 3.8) is 0 Å². The number of ether oxygens (including phenoxy) is 1. The van der Waals surface area contributed by atoms with Crippen LogP contribution in [0.4, 0.5) is 0 Å². The first-order valence-electron chi connectivity index (χ1n) is 7.94. The molecule has 0 fully saturated rings. The summed E-state index contributed by atoms with van der Waals surface area (Å²) in [5, 5.41) is 0.774. The maximum Gasteiger partial charge on any atom is 0.244 e. The zero-order valence-electron chi connectivity index (χ0n) is 14.2. The molecule has 0 amide bonds. The van der Waals surface area contributed by atoms with Crippen molar-refractivity contribution < 1.29 is 13.2 Å². The Morgan fingerprint density at radius 2 is 1.96 bits per heavy atom. The number of halogens is 1. The van der Waals surface area contributed by atoms with Crippen LogP contribution in [-0.4, -0.2) is 43.2 Å². The minimum atomic E-state index is -3.45. The molecular formula is C17H21BrN2O3S2. The van der Waals surface area contributed by atoms with Crippen LogP contribution in [0.2, 0.25) is 0 Å². The second-order valence-electron chi connectivity index (χ2n) is 5.08. The lowest BCUT2D eigenvalue weighted by Crippen LogP contribution is -2.30. The van der Waals surface area contributed by atoms with Gasteiger partial charge in [-0.25, -0.2) is 13.4 Å². The van der Waals surface area contributed by atoms with Crippen LogP contribution in [0.15, 0.2) is 57.0 Å². The molecule has 0 N–H and O–H groups in total. The van der Waals surface area contributed by atoms with E-state index in [0.29, 0.717) is 19.7 Å². The molecule has 0 radical (unpaired) electrons. The van der Waals surface area contributed by atoms with Gasteiger partial charge in [0.2, 0.25) is 10.0 Å². The van der Waals surface area contributed by atoms with Crippen molar-refractivity contribution in [3.8, 4) is 5.75 Å². The van der Waals surface area contributed by atoms with Crippen molar-refractivity contribution in [2.24, 2.45) is 0 Å². The van der Waals surface area contributed by atoms with Crippen LogP contribution < -0.4 is 4.74 Å². The van der Waals surface area contributed by atoms with E-state index in [1.165, 1.54) is 22.3 Å². The summed E-state index contributed by atoms with van der Waals surface area (Å²) in [5.41, 5.74) is 0. The van der Waals surface area contributed by atoms with E-state index in [0.717, 1.165) is 21.0 Å². The maximum absolute atomic E-state index is 12.4. The Bertz CT molecular complexity index is 779. The van der Waals surface area contributed by atoms with E-state index in [1.807, 2.05) is 38.1 Å². The van der Waals surface area contributed by atoms with E-state index in [-0.39, 0.29) is 4.90 Å². The summed E-state index contributed by atoms with van der Waals surface area (Å²) in [4.78, 5) is 4.48. The molecule has 1 heterocycles. The summed E-state index contributed by atoms with van der Waals surface area (Å²) >= 11 is 4.93. The third kappa shape index (κ3) is 5.70. The summed E-state index contributed by atoms with van der Waals surface area (Å²) < 4.78 is 32.9. The van der Waals surface area contributed by atoms with Crippen LogP contribution in [0.5, 0.6) is 5.75 Å². The number of hydrogen-bond acceptors (Lipinski definition) is 5. The van der Waals surface area contributed by atoms with Crippen molar-refractivity contribution in [2.45, 2.75) is 23.8 Å². The fourth-order valence-corrected chi connectivity index (χ4v) is 4.63. The van der Waals surface area contributed by atoms with Crippen molar-refractivity contribution in [3.05, 3.63) is 47.1 Å². The Morgan fingerprint density at radius 1 is 1.20 bits per heavy atom. The first-order chi connectivity index (χ1) is 12.0. The molecule has 0 aliphatic heterocycles. The van der Waals surface area contributed by atoms with Gasteiger partial charge in [-0.3, -0.25) is 0 Å². The van der Waals surface area contributed by atoms with Gasteiger partial charge in [0, 0.05) is 29.5 Å². The molecule has 0 atom stereocenters. The van der Waals surface area contributed by atoms with Crippen LogP contribution in [0.1, 0.15) is 13.8 Å². The molecule has 2 aromatic rings. The highest BCUT2D eigenvalue weighted by atomic mass is 79.9. The van der Waals surface area contributed by atoms with Crippen LogP contribution >= 0.6 is 27.7 Å². The molecule has 1 aromatic carbocycles. The van der Waals surface area contributed by atoms with E-state index in [2.05, 4.69) is 20.9 Å². The Kier molecular flexibility index (Phi) is 7.74. The van der Waals surface area contributed by atoms with E-state index in [1.54, 1.807) is 12.1 Å². The standard InChI is InChI=1S/C17H21BrN2O3S2/c1-3-20(4-2)25(21,22)16-8-9-17(19-13-16)24-11-10-23-15-7-5-6-14(18)12-15/h5-9,12-13H,3-4,10-11H2,1-2H3. The van der Waals surface area contributed by atoms with Gasteiger partial charge in [-0.15, -0.1) is 11.8 Å². The quantitative estimate of drug-likeness (QED) is 0.431. The summed E-state index contributed by atoms with van der Waals surface area (Å²) in [6.07, 6.45) is 1.42. The number of aromatic nitrogens is 1. The highest BCUT2D eigenvalue weighted by Crippen LogP contribution is 2.21. The number of hydrogen-bond donors (Lipinski definition) is 0. The van der Waals surface area contributed by atoms with E-state index >= 15 is 0 Å². The maximum atomic E-state index is 12.4. The minimum absolute atomic E-state index is 0.228. The van der Waals surface area contributed by atoms with Crippen molar-refractivity contribution in [1.29, 1.82) is 0 Å². The molecule has 0 aliphatic rings. The van der Waals surface area contributed by atoms with Gasteiger partial charge in [0.15, 0.2) is 0 Å². The van der Waals surface area contributed by atoms with Gasteiger partial charge in [0.05, 0.1) is 11.6 Å². The highest BCUT2D eigenvalue weighted by Gasteiger charge is 2.21. The molecule has 0 spiro atoms. The molecule has 0 saturated heterocycles. The lowest BCUT2D eigenvalue weighted by atomic mass is 10.3. The molecule has 5 nitrogen and oxygen atoms in total. The molecule has 8 heteroatoms. The first-order valence-corrected chi connectivity index (χ1v) is 11.2. The number of pyridine rings is 1. The van der Waals surface area contributed by atoms with Gasteiger partial charge < -0.3 is 4.74 Å². The van der Waals surface area contributed by atoms with Crippen LogP contribution in [-0.2, 0) is 10.0 Å². The third-order valence-corrected chi connectivity index (χ3v) is 6.89. The topological polar surface area (TPSA) is 59.5 Å². The number of nitrogens with zero attached hydrogens (tertiary/aromatic N) is 2. The average molecular weight is 445 g/mol. The van der Waals surface area contributed by atoms with E-state index < -0.39 is 10.0 Å². The molecular weight excluding hydrogens is 424 g/mol. The van der Waals surface area contributed by atoms with Crippen LogP contribution in [0, 0.1) is 0 Å². The van der Waals surface area contributed by atoms with E-state index in [9.17, 15) is 8.42 Å². The number of sulfonamides is 1. The van der Waals surface area contributed by atoms with Crippen LogP contribution in [0.25, 0.3) is 0 Å². The zero-order valence-corrected chi connectivity index (χ0v) is 17.4. The van der Waals surface area contributed by atoms with Gasteiger partial charge in [-0.1, -0.05) is 35.8 Å². The fourth-order valence-electron chi connectivity index (χ4n) is 2.18. The van der Waals surface area contributed by atoms with Crippen molar-refractivity contribution >= 4 is 37.7 Å². The number of thioether (sulfide) groups is 1. The summed E-state index contributed by atoms with van der Waals surface area (Å²) in [6, 6.07) is 11.0. The van der Waals surface area contributed by atoms with Crippen molar-refractivity contribution in [2.75, 3.05) is 25.4 Å². The third-order valence-electron chi connectivity index (χ3n) is 3.45. The van der Waals surface area contributed by atoms with Gasteiger partial charge in [0.25, 0.3) is 0 Å². The van der Waals surface area contributed by atoms with Crippen LogP contribution in [0.3, 0.4) is 0 Å². The average Bonchev–Trinajstić information content (AvgIpc) is 2.60. The molecule has 1 aromatic heterocycles. The van der Waals surface area contributed by atoms with Crippen molar-refractivity contribution in [1.82, 2.24) is 9.29 Å². The largest absolute Gasteiger partial charge is 0.493 e. The first kappa shape index (κ1) is 20.2. The molecule has 0 saturated carbocycles. The zero-order chi connectivity index (χ0) is 18.3. The SMILES string of the molecule is CCN(CC)S(=O)(=O)c1ccc(SCCOc2cccc(Br)c2)nc1. The normalized spacial score (nSPS) is 11.7. The van der Waals surface area contributed by atoms with Gasteiger partial charge in [-0.05, 0) is 30.3 Å². The summed E-state index contributed by atoms with van der Waals surface area (Å²) in [6.45, 7) is 5.08. The highest BCUT2D eigenvalue weighted by molar-refractivity contribution is 9.10. The summed E-state index contributed by atoms with van der Waals surface area (Å²) in [7, 11) is -3.45. The van der Waals surface area contributed by atoms with E-state index in [4.69, 9.17) is 4.74 Å².